The van der Waals surface area contributed by atoms with Crippen LogP contribution in [0.3, 0.4) is 0 Å². The van der Waals surface area contributed by atoms with E-state index in [4.69, 9.17) is 9.84 Å². The Morgan fingerprint density at radius 1 is 1.15 bits per heavy atom. The van der Waals surface area contributed by atoms with E-state index in [1.165, 1.54) is 0 Å². The van der Waals surface area contributed by atoms with Crippen LogP contribution in [0.25, 0.3) is 0 Å². The quantitative estimate of drug-likeness (QED) is 0.741. The van der Waals surface area contributed by atoms with Gasteiger partial charge in [-0.3, -0.25) is 0 Å². The van der Waals surface area contributed by atoms with Crippen molar-refractivity contribution in [2.75, 3.05) is 25.4 Å². The summed E-state index contributed by atoms with van der Waals surface area (Å²) in [5, 5.41) is 11.5. The molecular formula is C14H23NO4S. The molecule has 0 aliphatic rings. The molecule has 0 saturated carbocycles. The molecule has 0 amide bonds. The van der Waals surface area contributed by atoms with Gasteiger partial charge in [-0.2, -0.15) is 0 Å². The maximum absolute atomic E-state index is 12.0. The Kier molecular flexibility index (Phi) is 5.98. The minimum Gasteiger partial charge on any atom is -0.488 e. The van der Waals surface area contributed by atoms with Crippen molar-refractivity contribution < 1.29 is 18.3 Å². The second-order valence-corrected chi connectivity index (χ2v) is 7.59. The van der Waals surface area contributed by atoms with Gasteiger partial charge in [-0.05, 0) is 45.0 Å². The molecule has 0 heterocycles. The van der Waals surface area contributed by atoms with E-state index in [0.29, 0.717) is 18.8 Å². The van der Waals surface area contributed by atoms with Crippen LogP contribution in [0, 0.1) is 0 Å². The van der Waals surface area contributed by atoms with Crippen molar-refractivity contribution in [1.82, 2.24) is 5.32 Å². The highest BCUT2D eigenvalue weighted by Gasteiger charge is 2.15. The minimum atomic E-state index is -3.30. The molecule has 1 aromatic rings. The zero-order valence-electron chi connectivity index (χ0n) is 12.2. The molecule has 0 bridgehead atoms. The van der Waals surface area contributed by atoms with Crippen LogP contribution in [0.1, 0.15) is 20.8 Å². The molecule has 0 aromatic heterocycles. The number of hydrogen-bond acceptors (Lipinski definition) is 5. The average Bonchev–Trinajstić information content (AvgIpc) is 2.33. The summed E-state index contributed by atoms with van der Waals surface area (Å²) in [5.41, 5.74) is -0.311. The standard InChI is InChI=1S/C14H23NO4S/c1-14(2,3)19-12-4-6-13(7-5-12)20(17,18)11-9-15-8-10-16/h4-7,15-16H,8-11H2,1-3H3. The lowest BCUT2D eigenvalue weighted by Gasteiger charge is -2.21. The largest absolute Gasteiger partial charge is 0.488 e. The van der Waals surface area contributed by atoms with E-state index >= 15 is 0 Å². The number of nitrogens with one attached hydrogen (secondary N) is 1. The normalized spacial score (nSPS) is 12.4. The number of rotatable bonds is 7. The Balaban J connectivity index is 2.67. The van der Waals surface area contributed by atoms with E-state index in [2.05, 4.69) is 5.32 Å². The van der Waals surface area contributed by atoms with E-state index in [1.807, 2.05) is 20.8 Å². The zero-order valence-corrected chi connectivity index (χ0v) is 13.0. The number of benzene rings is 1. The number of aliphatic hydroxyl groups excluding tert-OH is 1. The summed E-state index contributed by atoms with van der Waals surface area (Å²) >= 11 is 0. The van der Waals surface area contributed by atoms with Gasteiger partial charge in [0.1, 0.15) is 11.4 Å². The molecule has 2 N–H and O–H groups in total. The van der Waals surface area contributed by atoms with Gasteiger partial charge in [0.05, 0.1) is 17.3 Å². The van der Waals surface area contributed by atoms with Crippen molar-refractivity contribution in [2.24, 2.45) is 0 Å². The maximum atomic E-state index is 12.0. The van der Waals surface area contributed by atoms with E-state index < -0.39 is 9.84 Å². The molecule has 0 saturated heterocycles. The molecule has 6 heteroatoms. The topological polar surface area (TPSA) is 75.6 Å². The summed E-state index contributed by atoms with van der Waals surface area (Å²) in [7, 11) is -3.30. The highest BCUT2D eigenvalue weighted by molar-refractivity contribution is 7.91. The van der Waals surface area contributed by atoms with Crippen LogP contribution in [0.2, 0.25) is 0 Å². The van der Waals surface area contributed by atoms with Gasteiger partial charge in [-0.1, -0.05) is 0 Å². The van der Waals surface area contributed by atoms with Crippen LogP contribution < -0.4 is 10.1 Å². The predicted molar refractivity (Wildman–Crippen MR) is 78.8 cm³/mol. The van der Waals surface area contributed by atoms with Gasteiger partial charge in [-0.15, -0.1) is 0 Å². The van der Waals surface area contributed by atoms with E-state index in [0.717, 1.165) is 0 Å². The Hall–Kier alpha value is -1.11. The summed E-state index contributed by atoms with van der Waals surface area (Å²) in [6.45, 7) is 6.52. The van der Waals surface area contributed by atoms with Crippen LogP contribution in [-0.4, -0.2) is 44.6 Å². The molecule has 0 atom stereocenters. The minimum absolute atomic E-state index is 0.00110. The van der Waals surface area contributed by atoms with Crippen molar-refractivity contribution in [3.05, 3.63) is 24.3 Å². The molecule has 0 spiro atoms. The smallest absolute Gasteiger partial charge is 0.179 e. The maximum Gasteiger partial charge on any atom is 0.179 e. The van der Waals surface area contributed by atoms with Gasteiger partial charge in [-0.25, -0.2) is 8.42 Å². The van der Waals surface area contributed by atoms with E-state index in [1.54, 1.807) is 24.3 Å². The van der Waals surface area contributed by atoms with Crippen LogP contribution in [0.4, 0.5) is 0 Å². The van der Waals surface area contributed by atoms with Gasteiger partial charge < -0.3 is 15.2 Å². The van der Waals surface area contributed by atoms with Crippen LogP contribution >= 0.6 is 0 Å². The monoisotopic (exact) mass is 301 g/mol. The molecule has 1 rings (SSSR count). The summed E-state index contributed by atoms with van der Waals surface area (Å²) in [6.07, 6.45) is 0. The summed E-state index contributed by atoms with van der Waals surface area (Å²) in [6, 6.07) is 6.45. The third-order valence-corrected chi connectivity index (χ3v) is 4.18. The molecule has 0 aliphatic heterocycles. The molecular weight excluding hydrogens is 278 g/mol. The average molecular weight is 301 g/mol. The van der Waals surface area contributed by atoms with E-state index in [9.17, 15) is 8.42 Å². The fraction of sp³-hybridized carbons (Fsp3) is 0.571. The van der Waals surface area contributed by atoms with Crippen molar-refractivity contribution in [2.45, 2.75) is 31.3 Å². The van der Waals surface area contributed by atoms with E-state index in [-0.39, 0.29) is 22.9 Å². The molecule has 5 nitrogen and oxygen atoms in total. The van der Waals surface area contributed by atoms with Gasteiger partial charge in [0, 0.05) is 13.1 Å². The second-order valence-electron chi connectivity index (χ2n) is 5.48. The molecule has 0 aliphatic carbocycles. The Labute approximate surface area is 120 Å². The van der Waals surface area contributed by atoms with Gasteiger partial charge >= 0.3 is 0 Å². The summed E-state index contributed by atoms with van der Waals surface area (Å²) in [4.78, 5) is 0.282. The lowest BCUT2D eigenvalue weighted by Crippen LogP contribution is -2.25. The Bertz CT molecular complexity index is 503. The lowest BCUT2D eigenvalue weighted by atomic mass is 10.2. The number of sulfone groups is 1. The highest BCUT2D eigenvalue weighted by atomic mass is 32.2. The molecule has 1 aromatic carbocycles. The third-order valence-electron chi connectivity index (χ3n) is 2.44. The third kappa shape index (κ3) is 5.90. The molecule has 114 valence electrons. The fourth-order valence-corrected chi connectivity index (χ4v) is 2.80. The van der Waals surface area contributed by atoms with Crippen molar-refractivity contribution in [3.8, 4) is 5.75 Å². The summed E-state index contributed by atoms with van der Waals surface area (Å²) < 4.78 is 29.7. The lowest BCUT2D eigenvalue weighted by molar-refractivity contribution is 0.131. The molecule has 20 heavy (non-hydrogen) atoms. The molecule has 0 unspecified atom stereocenters. The SMILES string of the molecule is CC(C)(C)Oc1ccc(S(=O)(=O)CCNCCO)cc1. The van der Waals surface area contributed by atoms with Crippen LogP contribution in [0.15, 0.2) is 29.2 Å². The number of aliphatic hydroxyl groups is 1. The summed E-state index contributed by atoms with van der Waals surface area (Å²) in [5.74, 6) is 0.654. The molecule has 0 fully saturated rings. The highest BCUT2D eigenvalue weighted by Crippen LogP contribution is 2.20. The molecule has 0 radical (unpaired) electrons. The Morgan fingerprint density at radius 2 is 1.75 bits per heavy atom. The first-order chi connectivity index (χ1) is 9.24. The predicted octanol–water partition coefficient (Wildman–Crippen LogP) is 1.22. The van der Waals surface area contributed by atoms with Gasteiger partial charge in [0.15, 0.2) is 9.84 Å². The number of ether oxygens (including phenoxy) is 1. The van der Waals surface area contributed by atoms with Gasteiger partial charge in [0.2, 0.25) is 0 Å². The van der Waals surface area contributed by atoms with Crippen molar-refractivity contribution in [1.29, 1.82) is 0 Å². The fourth-order valence-electron chi connectivity index (χ4n) is 1.60. The zero-order chi connectivity index (χ0) is 15.2. The first kappa shape index (κ1) is 16.9. The van der Waals surface area contributed by atoms with Crippen molar-refractivity contribution >= 4 is 9.84 Å². The Morgan fingerprint density at radius 3 is 2.25 bits per heavy atom. The van der Waals surface area contributed by atoms with Gasteiger partial charge in [0.25, 0.3) is 0 Å². The van der Waals surface area contributed by atoms with Crippen LogP contribution in [-0.2, 0) is 9.84 Å². The first-order valence-electron chi connectivity index (χ1n) is 6.58. The first-order valence-corrected chi connectivity index (χ1v) is 8.23. The second kappa shape index (κ2) is 7.06. The van der Waals surface area contributed by atoms with Crippen molar-refractivity contribution in [3.63, 3.8) is 0 Å². The van der Waals surface area contributed by atoms with Crippen LogP contribution in [0.5, 0.6) is 5.75 Å². The number of hydrogen-bond donors (Lipinski definition) is 2.